The molecule has 0 spiro atoms. The first-order valence-electron chi connectivity index (χ1n) is 5.12. The Kier molecular flexibility index (Phi) is 6.27. The highest BCUT2D eigenvalue weighted by molar-refractivity contribution is 7.85. The topological polar surface area (TPSA) is 110 Å². The molecule has 0 heterocycles. The van der Waals surface area contributed by atoms with E-state index >= 15 is 0 Å². The number of hydrogen-bond donors (Lipinski definition) is 2. The highest BCUT2D eigenvalue weighted by Crippen LogP contribution is 2.55. The third-order valence-corrected chi connectivity index (χ3v) is 4.81. The molecule has 2 N–H and O–H groups in total. The van der Waals surface area contributed by atoms with Crippen LogP contribution < -0.4 is 0 Å². The van der Waals surface area contributed by atoms with E-state index in [-0.39, 0.29) is 26.1 Å². The molecule has 0 aliphatic heterocycles. The van der Waals surface area contributed by atoms with Crippen molar-refractivity contribution in [3.05, 3.63) is 0 Å². The smallest absolute Gasteiger partial charge is 0.357 e. The summed E-state index contributed by atoms with van der Waals surface area (Å²) in [6.07, 6.45) is 1.15. The van der Waals surface area contributed by atoms with Gasteiger partial charge in [0.2, 0.25) is 0 Å². The lowest BCUT2D eigenvalue weighted by Gasteiger charge is -2.32. The molecular weight excluding hydrogens is 271 g/mol. The monoisotopic (exact) mass is 290 g/mol. The average Bonchev–Trinajstić information content (AvgIpc) is 2.15. The van der Waals surface area contributed by atoms with E-state index in [2.05, 4.69) is 4.18 Å². The average molecular weight is 290 g/mol. The second kappa shape index (κ2) is 6.26. The van der Waals surface area contributed by atoms with E-state index < -0.39 is 23.1 Å². The zero-order valence-corrected chi connectivity index (χ0v) is 11.8. The predicted octanol–water partition coefficient (Wildman–Crippen LogP) is 0.673. The van der Waals surface area contributed by atoms with Gasteiger partial charge in [-0.1, -0.05) is 13.8 Å². The Morgan fingerprint density at radius 1 is 1.18 bits per heavy atom. The zero-order chi connectivity index (χ0) is 13.7. The van der Waals surface area contributed by atoms with Crippen LogP contribution >= 0.6 is 7.60 Å². The summed E-state index contributed by atoms with van der Waals surface area (Å²) in [6.45, 7) is 2.74. The number of ether oxygens (including phenoxy) is 1. The second-order valence-corrected chi connectivity index (χ2v) is 7.12. The van der Waals surface area contributed by atoms with Crippen molar-refractivity contribution in [3.8, 4) is 0 Å². The molecule has 0 fully saturated rings. The van der Waals surface area contributed by atoms with Gasteiger partial charge in [-0.25, -0.2) is 0 Å². The van der Waals surface area contributed by atoms with Gasteiger partial charge in [-0.05, 0) is 12.8 Å². The molecule has 104 valence electrons. The molecule has 0 saturated carbocycles. The van der Waals surface area contributed by atoms with Gasteiger partial charge in [-0.15, -0.1) is 0 Å². The van der Waals surface area contributed by atoms with Gasteiger partial charge in [0, 0.05) is 0 Å². The Labute approximate surface area is 101 Å². The van der Waals surface area contributed by atoms with Gasteiger partial charge in [0.15, 0.2) is 5.34 Å². The Bertz CT molecular complexity index is 367. The Balaban J connectivity index is 4.45. The van der Waals surface area contributed by atoms with Crippen molar-refractivity contribution in [3.63, 3.8) is 0 Å². The van der Waals surface area contributed by atoms with Crippen LogP contribution in [-0.4, -0.2) is 43.0 Å². The number of hydrogen-bond acceptors (Lipinski definition) is 5. The van der Waals surface area contributed by atoms with Gasteiger partial charge in [-0.3, -0.25) is 8.75 Å². The van der Waals surface area contributed by atoms with Gasteiger partial charge < -0.3 is 14.5 Å². The molecule has 0 aromatic heterocycles. The fourth-order valence-corrected chi connectivity index (χ4v) is 2.82. The van der Waals surface area contributed by atoms with Crippen LogP contribution in [0.4, 0.5) is 0 Å². The molecule has 7 nitrogen and oxygen atoms in total. The zero-order valence-electron chi connectivity index (χ0n) is 10.1. The van der Waals surface area contributed by atoms with E-state index in [1.165, 1.54) is 0 Å². The maximum atomic E-state index is 11.3. The molecule has 0 aliphatic carbocycles. The van der Waals surface area contributed by atoms with E-state index in [0.717, 1.165) is 6.26 Å². The lowest BCUT2D eigenvalue weighted by atomic mass is 10.2. The van der Waals surface area contributed by atoms with E-state index in [1.807, 2.05) is 0 Å². The summed E-state index contributed by atoms with van der Waals surface area (Å²) in [4.78, 5) is 18.4. The lowest BCUT2D eigenvalue weighted by molar-refractivity contribution is -0.0178. The molecule has 0 aromatic carbocycles. The van der Waals surface area contributed by atoms with Crippen LogP contribution in [0.2, 0.25) is 0 Å². The standard InChI is InChI=1S/C8H19O7PS/c1-4-8(5-2,16(9,10)11)14-6-7-15-17(3,12)13/h4-7H2,1-3H3,(H2,9,10,11). The largest absolute Gasteiger partial charge is 0.360 e. The van der Waals surface area contributed by atoms with E-state index in [1.54, 1.807) is 13.8 Å². The van der Waals surface area contributed by atoms with Crippen molar-refractivity contribution in [2.45, 2.75) is 32.0 Å². The summed E-state index contributed by atoms with van der Waals surface area (Å²) < 4.78 is 42.2. The minimum absolute atomic E-state index is 0.132. The first-order valence-corrected chi connectivity index (χ1v) is 8.55. The molecule has 0 atom stereocenters. The minimum Gasteiger partial charge on any atom is -0.360 e. The maximum absolute atomic E-state index is 11.3. The third kappa shape index (κ3) is 5.46. The molecular formula is C8H19O7PS. The lowest BCUT2D eigenvalue weighted by Crippen LogP contribution is -2.32. The summed E-state index contributed by atoms with van der Waals surface area (Å²) in [7, 11) is -7.98. The Morgan fingerprint density at radius 2 is 1.65 bits per heavy atom. The fraction of sp³-hybridized carbons (Fsp3) is 1.00. The molecule has 0 aliphatic rings. The van der Waals surface area contributed by atoms with E-state index in [4.69, 9.17) is 4.74 Å². The molecule has 0 bridgehead atoms. The SMILES string of the molecule is CCC(CC)(OCCOS(C)(=O)=O)P(=O)(O)O. The first-order chi connectivity index (χ1) is 7.58. The third-order valence-electron chi connectivity index (χ3n) is 2.39. The summed E-state index contributed by atoms with van der Waals surface area (Å²) in [6, 6.07) is 0. The normalized spacial score (nSPS) is 13.9. The Morgan fingerprint density at radius 3 is 1.94 bits per heavy atom. The van der Waals surface area contributed by atoms with Crippen molar-refractivity contribution in [1.29, 1.82) is 0 Å². The molecule has 0 rings (SSSR count). The molecule has 9 heteroatoms. The van der Waals surface area contributed by atoms with Gasteiger partial charge in [0.25, 0.3) is 10.1 Å². The maximum Gasteiger partial charge on any atom is 0.357 e. The molecule has 0 aromatic rings. The van der Waals surface area contributed by atoms with E-state index in [0.29, 0.717) is 0 Å². The van der Waals surface area contributed by atoms with Crippen LogP contribution in [0.15, 0.2) is 0 Å². The molecule has 0 amide bonds. The predicted molar refractivity (Wildman–Crippen MR) is 62.1 cm³/mol. The van der Waals surface area contributed by atoms with Crippen molar-refractivity contribution in [2.24, 2.45) is 0 Å². The van der Waals surface area contributed by atoms with Crippen molar-refractivity contribution >= 4 is 17.7 Å². The van der Waals surface area contributed by atoms with E-state index in [9.17, 15) is 22.8 Å². The van der Waals surface area contributed by atoms with Gasteiger partial charge in [-0.2, -0.15) is 8.42 Å². The van der Waals surface area contributed by atoms with Crippen LogP contribution in [0.5, 0.6) is 0 Å². The van der Waals surface area contributed by atoms with Crippen LogP contribution in [0.25, 0.3) is 0 Å². The Hall–Kier alpha value is 0.0200. The summed E-state index contributed by atoms with van der Waals surface area (Å²) in [5, 5.41) is -1.56. The molecule has 0 radical (unpaired) electrons. The van der Waals surface area contributed by atoms with Crippen molar-refractivity contribution in [2.75, 3.05) is 19.5 Å². The highest BCUT2D eigenvalue weighted by atomic mass is 32.2. The van der Waals surface area contributed by atoms with Crippen LogP contribution in [-0.2, 0) is 23.6 Å². The fourth-order valence-electron chi connectivity index (χ4n) is 1.37. The molecule has 0 unspecified atom stereocenters. The van der Waals surface area contributed by atoms with Crippen molar-refractivity contribution in [1.82, 2.24) is 0 Å². The van der Waals surface area contributed by atoms with Crippen LogP contribution in [0, 0.1) is 0 Å². The summed E-state index contributed by atoms with van der Waals surface area (Å²) in [5.74, 6) is 0. The summed E-state index contributed by atoms with van der Waals surface area (Å²) in [5.41, 5.74) is 0. The second-order valence-electron chi connectivity index (χ2n) is 3.57. The van der Waals surface area contributed by atoms with Crippen molar-refractivity contribution < 1.29 is 31.7 Å². The quantitative estimate of drug-likeness (QED) is 0.384. The highest BCUT2D eigenvalue weighted by Gasteiger charge is 2.44. The molecule has 0 saturated heterocycles. The van der Waals surface area contributed by atoms with Gasteiger partial charge in [0.05, 0.1) is 19.5 Å². The van der Waals surface area contributed by atoms with Crippen LogP contribution in [0.1, 0.15) is 26.7 Å². The molecule has 17 heavy (non-hydrogen) atoms. The number of rotatable bonds is 8. The minimum atomic E-state index is -4.41. The van der Waals surface area contributed by atoms with Crippen LogP contribution in [0.3, 0.4) is 0 Å². The van der Waals surface area contributed by atoms with Gasteiger partial charge >= 0.3 is 7.60 Å². The first kappa shape index (κ1) is 17.0. The summed E-state index contributed by atoms with van der Waals surface area (Å²) >= 11 is 0. The van der Waals surface area contributed by atoms with Gasteiger partial charge in [0.1, 0.15) is 0 Å².